The Morgan fingerprint density at radius 2 is 1.71 bits per heavy atom. The predicted molar refractivity (Wildman–Crippen MR) is 72.9 cm³/mol. The molecule has 0 aromatic rings. The first-order valence-corrected chi connectivity index (χ1v) is 6.71. The van der Waals surface area contributed by atoms with Gasteiger partial charge in [0, 0.05) is 6.54 Å². The molecule has 0 saturated heterocycles. The smallest absolute Gasteiger partial charge is 0.238 e. The summed E-state index contributed by atoms with van der Waals surface area (Å²) >= 11 is 0. The van der Waals surface area contributed by atoms with Crippen molar-refractivity contribution >= 4 is 5.91 Å². The molecule has 0 heterocycles. The number of nitrogens with one attached hydrogen (secondary N) is 1. The van der Waals surface area contributed by atoms with Gasteiger partial charge in [-0.2, -0.15) is 0 Å². The Balaban J connectivity index is 4.41. The van der Waals surface area contributed by atoms with Crippen molar-refractivity contribution in [1.29, 1.82) is 0 Å². The first-order valence-electron chi connectivity index (χ1n) is 6.71. The third kappa shape index (κ3) is 6.03. The minimum atomic E-state index is -0.624. The van der Waals surface area contributed by atoms with Gasteiger partial charge in [-0.05, 0) is 39.9 Å². The van der Waals surface area contributed by atoms with Crippen LogP contribution in [0.3, 0.4) is 0 Å². The van der Waals surface area contributed by atoms with E-state index in [0.29, 0.717) is 6.54 Å². The SMILES string of the molecule is CCCCN(CCCC)CC(C)(NC)C(N)=O. The van der Waals surface area contributed by atoms with Crippen LogP contribution in [0.2, 0.25) is 0 Å². The highest BCUT2D eigenvalue weighted by Gasteiger charge is 2.30. The number of primary amides is 1. The number of carbonyl (C=O) groups is 1. The summed E-state index contributed by atoms with van der Waals surface area (Å²) in [7, 11) is 1.79. The van der Waals surface area contributed by atoms with Gasteiger partial charge in [-0.1, -0.05) is 26.7 Å². The van der Waals surface area contributed by atoms with Crippen molar-refractivity contribution in [2.24, 2.45) is 5.73 Å². The molecule has 0 aromatic heterocycles. The Bertz CT molecular complexity index is 213. The lowest BCUT2D eigenvalue weighted by molar-refractivity contribution is -0.124. The van der Waals surface area contributed by atoms with E-state index in [1.54, 1.807) is 7.05 Å². The molecule has 1 amide bonds. The van der Waals surface area contributed by atoms with Crippen molar-refractivity contribution in [2.75, 3.05) is 26.7 Å². The van der Waals surface area contributed by atoms with Crippen molar-refractivity contribution in [3.63, 3.8) is 0 Å². The van der Waals surface area contributed by atoms with Crippen molar-refractivity contribution in [3.8, 4) is 0 Å². The number of likely N-dealkylation sites (N-methyl/N-ethyl adjacent to an activating group) is 1. The maximum Gasteiger partial charge on any atom is 0.238 e. The summed E-state index contributed by atoms with van der Waals surface area (Å²) in [6, 6.07) is 0. The van der Waals surface area contributed by atoms with E-state index in [2.05, 4.69) is 24.1 Å². The largest absolute Gasteiger partial charge is 0.368 e. The zero-order valence-corrected chi connectivity index (χ0v) is 11.9. The van der Waals surface area contributed by atoms with E-state index in [-0.39, 0.29) is 5.91 Å². The van der Waals surface area contributed by atoms with Crippen molar-refractivity contribution in [3.05, 3.63) is 0 Å². The van der Waals surface area contributed by atoms with Crippen LogP contribution in [0.25, 0.3) is 0 Å². The number of unbranched alkanes of at least 4 members (excludes halogenated alkanes) is 2. The minimum absolute atomic E-state index is 0.280. The van der Waals surface area contributed by atoms with Crippen molar-refractivity contribution < 1.29 is 4.79 Å². The van der Waals surface area contributed by atoms with E-state index in [4.69, 9.17) is 5.73 Å². The van der Waals surface area contributed by atoms with Gasteiger partial charge in [-0.25, -0.2) is 0 Å². The van der Waals surface area contributed by atoms with Gasteiger partial charge in [0.05, 0.1) is 0 Å². The molecule has 0 aromatic carbocycles. The molecule has 4 heteroatoms. The number of hydrogen-bond donors (Lipinski definition) is 2. The highest BCUT2D eigenvalue weighted by Crippen LogP contribution is 2.08. The van der Waals surface area contributed by atoms with E-state index in [1.165, 1.54) is 25.7 Å². The number of rotatable bonds is 10. The predicted octanol–water partition coefficient (Wildman–Crippen LogP) is 1.35. The molecule has 102 valence electrons. The fourth-order valence-electron chi connectivity index (χ4n) is 1.76. The fraction of sp³-hybridized carbons (Fsp3) is 0.923. The van der Waals surface area contributed by atoms with Crippen LogP contribution in [0.4, 0.5) is 0 Å². The van der Waals surface area contributed by atoms with Crippen molar-refractivity contribution in [1.82, 2.24) is 10.2 Å². The third-order valence-electron chi connectivity index (χ3n) is 3.29. The average molecular weight is 243 g/mol. The lowest BCUT2D eigenvalue weighted by Gasteiger charge is -2.33. The lowest BCUT2D eigenvalue weighted by Crippen LogP contribution is -2.58. The van der Waals surface area contributed by atoms with Crippen LogP contribution in [-0.4, -0.2) is 43.0 Å². The summed E-state index contributed by atoms with van der Waals surface area (Å²) in [5, 5.41) is 3.05. The molecular weight excluding hydrogens is 214 g/mol. The van der Waals surface area contributed by atoms with E-state index in [0.717, 1.165) is 13.1 Å². The number of nitrogens with two attached hydrogens (primary N) is 1. The van der Waals surface area contributed by atoms with Crippen LogP contribution in [0.5, 0.6) is 0 Å². The molecule has 0 aliphatic rings. The van der Waals surface area contributed by atoms with Crippen LogP contribution >= 0.6 is 0 Å². The molecule has 0 bridgehead atoms. The molecule has 0 radical (unpaired) electrons. The first-order chi connectivity index (χ1) is 8.00. The molecule has 1 atom stereocenters. The fourth-order valence-corrected chi connectivity index (χ4v) is 1.76. The molecule has 0 aliphatic heterocycles. The van der Waals surface area contributed by atoms with E-state index >= 15 is 0 Å². The molecule has 0 fully saturated rings. The quantitative estimate of drug-likeness (QED) is 0.609. The van der Waals surface area contributed by atoms with Gasteiger partial charge in [0.2, 0.25) is 5.91 Å². The molecule has 3 N–H and O–H groups in total. The van der Waals surface area contributed by atoms with Gasteiger partial charge < -0.3 is 16.0 Å². The van der Waals surface area contributed by atoms with Gasteiger partial charge in [0.1, 0.15) is 5.54 Å². The van der Waals surface area contributed by atoms with Crippen molar-refractivity contribution in [2.45, 2.75) is 52.0 Å². The third-order valence-corrected chi connectivity index (χ3v) is 3.29. The van der Waals surface area contributed by atoms with Crippen LogP contribution in [0.15, 0.2) is 0 Å². The van der Waals surface area contributed by atoms with Crippen LogP contribution in [-0.2, 0) is 4.79 Å². The monoisotopic (exact) mass is 243 g/mol. The Morgan fingerprint density at radius 3 is 2.00 bits per heavy atom. The summed E-state index contributed by atoms with van der Waals surface area (Å²) in [6.07, 6.45) is 4.69. The molecule has 1 unspecified atom stereocenters. The molecule has 0 saturated carbocycles. The molecule has 0 spiro atoms. The summed E-state index contributed by atoms with van der Waals surface area (Å²) < 4.78 is 0. The topological polar surface area (TPSA) is 58.4 Å². The summed E-state index contributed by atoms with van der Waals surface area (Å²) in [4.78, 5) is 13.8. The van der Waals surface area contributed by atoms with E-state index in [9.17, 15) is 4.79 Å². The second-order valence-electron chi connectivity index (χ2n) is 4.93. The first kappa shape index (κ1) is 16.4. The summed E-state index contributed by atoms with van der Waals surface area (Å²) in [6.45, 7) is 9.02. The lowest BCUT2D eigenvalue weighted by atomic mass is 10.0. The average Bonchev–Trinajstić information content (AvgIpc) is 2.32. The highest BCUT2D eigenvalue weighted by atomic mass is 16.1. The van der Waals surface area contributed by atoms with Gasteiger partial charge in [-0.15, -0.1) is 0 Å². The molecule has 0 aliphatic carbocycles. The second-order valence-corrected chi connectivity index (χ2v) is 4.93. The van der Waals surface area contributed by atoms with Gasteiger partial charge >= 0.3 is 0 Å². The summed E-state index contributed by atoms with van der Waals surface area (Å²) in [5.74, 6) is -0.280. The highest BCUT2D eigenvalue weighted by molar-refractivity contribution is 5.84. The Hall–Kier alpha value is -0.610. The minimum Gasteiger partial charge on any atom is -0.368 e. The van der Waals surface area contributed by atoms with E-state index < -0.39 is 5.54 Å². The van der Waals surface area contributed by atoms with Gasteiger partial charge in [0.15, 0.2) is 0 Å². The molecular formula is C13H29N3O. The second kappa shape index (κ2) is 8.48. The Kier molecular flexibility index (Phi) is 8.17. The van der Waals surface area contributed by atoms with Crippen LogP contribution < -0.4 is 11.1 Å². The van der Waals surface area contributed by atoms with Crippen LogP contribution in [0, 0.1) is 0 Å². The van der Waals surface area contributed by atoms with Gasteiger partial charge in [0.25, 0.3) is 0 Å². The zero-order valence-electron chi connectivity index (χ0n) is 11.9. The number of nitrogens with zero attached hydrogens (tertiary/aromatic N) is 1. The number of amides is 1. The molecule has 0 rings (SSSR count). The normalized spacial score (nSPS) is 14.9. The Morgan fingerprint density at radius 1 is 1.24 bits per heavy atom. The van der Waals surface area contributed by atoms with Gasteiger partial charge in [-0.3, -0.25) is 4.79 Å². The number of carbonyl (C=O) groups excluding carboxylic acids is 1. The summed E-state index contributed by atoms with van der Waals surface area (Å²) in [5.41, 5.74) is 4.84. The molecule has 4 nitrogen and oxygen atoms in total. The Labute approximate surface area is 106 Å². The van der Waals surface area contributed by atoms with Crippen LogP contribution in [0.1, 0.15) is 46.5 Å². The maximum atomic E-state index is 11.5. The zero-order chi connectivity index (χ0) is 13.3. The number of hydrogen-bond acceptors (Lipinski definition) is 3. The van der Waals surface area contributed by atoms with E-state index in [1.807, 2.05) is 6.92 Å². The maximum absolute atomic E-state index is 11.5. The standard InChI is InChI=1S/C13H29N3O/c1-5-7-9-16(10-8-6-2)11-13(3,15-4)12(14)17/h15H,5-11H2,1-4H3,(H2,14,17). The molecule has 17 heavy (non-hydrogen) atoms.